The molecular weight excluding hydrogens is 260 g/mol. The smallest absolute Gasteiger partial charge is 0.0940 e. The highest BCUT2D eigenvalue weighted by atomic mass is 32.1. The van der Waals surface area contributed by atoms with Gasteiger partial charge in [0, 0.05) is 25.0 Å². The van der Waals surface area contributed by atoms with Crippen LogP contribution in [0.3, 0.4) is 0 Å². The van der Waals surface area contributed by atoms with Crippen LogP contribution in [0, 0.1) is 12.8 Å². The molecule has 5 heteroatoms. The molecule has 0 saturated carbocycles. The van der Waals surface area contributed by atoms with Gasteiger partial charge in [-0.2, -0.15) is 0 Å². The molecule has 0 aromatic carbocycles. The lowest BCUT2D eigenvalue weighted by atomic mass is 9.80. The fourth-order valence-corrected chi connectivity index (χ4v) is 4.01. The third kappa shape index (κ3) is 2.70. The van der Waals surface area contributed by atoms with Gasteiger partial charge in [-0.25, -0.2) is 4.98 Å². The summed E-state index contributed by atoms with van der Waals surface area (Å²) in [5.74, 6) is 0.585. The summed E-state index contributed by atoms with van der Waals surface area (Å²) >= 11 is 1.73. The molecule has 2 saturated heterocycles. The van der Waals surface area contributed by atoms with Gasteiger partial charge in [-0.1, -0.05) is 0 Å². The number of rotatable bonds is 3. The highest BCUT2D eigenvalue weighted by Crippen LogP contribution is 2.40. The minimum Gasteiger partial charge on any atom is -0.378 e. The number of ether oxygens (including phenoxy) is 2. The topological polar surface area (TPSA) is 43.4 Å². The number of nitrogens with one attached hydrogen (secondary N) is 1. The van der Waals surface area contributed by atoms with Crippen LogP contribution in [0.15, 0.2) is 5.38 Å². The van der Waals surface area contributed by atoms with E-state index in [1.54, 1.807) is 11.3 Å². The quantitative estimate of drug-likeness (QED) is 0.924. The first-order valence-corrected chi connectivity index (χ1v) is 7.91. The zero-order chi connectivity index (χ0) is 13.3. The Bertz CT molecular complexity index is 429. The van der Waals surface area contributed by atoms with Crippen LogP contribution < -0.4 is 5.32 Å². The monoisotopic (exact) mass is 282 g/mol. The Labute approximate surface area is 118 Å². The van der Waals surface area contributed by atoms with Crippen LogP contribution in [0.5, 0.6) is 0 Å². The van der Waals surface area contributed by atoms with E-state index in [0.717, 1.165) is 44.1 Å². The average Bonchev–Trinajstić information content (AvgIpc) is 3.01. The van der Waals surface area contributed by atoms with Crippen LogP contribution in [0.1, 0.15) is 36.0 Å². The van der Waals surface area contributed by atoms with Crippen molar-refractivity contribution >= 4 is 11.3 Å². The molecule has 4 nitrogen and oxygen atoms in total. The van der Waals surface area contributed by atoms with Crippen LogP contribution >= 0.6 is 11.3 Å². The molecule has 3 rings (SSSR count). The fourth-order valence-electron chi connectivity index (χ4n) is 3.36. The van der Waals surface area contributed by atoms with Gasteiger partial charge in [0.25, 0.3) is 0 Å². The molecule has 2 fully saturated rings. The average molecular weight is 282 g/mol. The van der Waals surface area contributed by atoms with E-state index in [1.165, 1.54) is 5.69 Å². The lowest BCUT2D eigenvalue weighted by Gasteiger charge is -2.40. The van der Waals surface area contributed by atoms with Crippen molar-refractivity contribution in [2.75, 3.05) is 26.9 Å². The molecule has 0 radical (unpaired) electrons. The first kappa shape index (κ1) is 13.5. The zero-order valence-electron chi connectivity index (χ0n) is 11.6. The molecule has 0 bridgehead atoms. The van der Waals surface area contributed by atoms with Crippen molar-refractivity contribution in [2.24, 2.45) is 5.92 Å². The van der Waals surface area contributed by atoms with Crippen LogP contribution in [-0.2, 0) is 9.47 Å². The maximum atomic E-state index is 6.02. The van der Waals surface area contributed by atoms with Gasteiger partial charge in [0.2, 0.25) is 0 Å². The number of nitrogens with zero attached hydrogens (tertiary/aromatic N) is 1. The number of aryl methyl sites for hydroxylation is 1. The molecule has 1 aromatic rings. The van der Waals surface area contributed by atoms with Crippen molar-refractivity contribution in [3.05, 3.63) is 16.1 Å². The molecule has 3 atom stereocenters. The van der Waals surface area contributed by atoms with Crippen molar-refractivity contribution in [1.82, 2.24) is 10.3 Å². The summed E-state index contributed by atoms with van der Waals surface area (Å²) in [6, 6.07) is 0.339. The van der Waals surface area contributed by atoms with E-state index >= 15 is 0 Å². The normalized spacial score (nSPS) is 32.8. The lowest BCUT2D eigenvalue weighted by molar-refractivity contribution is -0.103. The molecule has 2 aliphatic rings. The summed E-state index contributed by atoms with van der Waals surface area (Å²) in [4.78, 5) is 4.66. The van der Waals surface area contributed by atoms with E-state index in [2.05, 4.69) is 22.6 Å². The molecular formula is C14H22N2O2S. The first-order chi connectivity index (χ1) is 9.22. The van der Waals surface area contributed by atoms with E-state index in [1.807, 2.05) is 7.05 Å². The largest absolute Gasteiger partial charge is 0.378 e. The van der Waals surface area contributed by atoms with Gasteiger partial charge in [0.05, 0.1) is 29.0 Å². The SMILES string of the molecule is CNC(c1csc(C)n1)C1CCOC2(CCOC2)C1. The van der Waals surface area contributed by atoms with Gasteiger partial charge in [0.15, 0.2) is 0 Å². The van der Waals surface area contributed by atoms with Gasteiger partial charge >= 0.3 is 0 Å². The molecule has 2 aliphatic heterocycles. The summed E-state index contributed by atoms with van der Waals surface area (Å²) in [6.07, 6.45) is 3.22. The molecule has 0 amide bonds. The maximum absolute atomic E-state index is 6.02. The molecule has 3 unspecified atom stereocenters. The van der Waals surface area contributed by atoms with Crippen molar-refractivity contribution in [3.63, 3.8) is 0 Å². The maximum Gasteiger partial charge on any atom is 0.0940 e. The Balaban J connectivity index is 1.76. The second-order valence-electron chi connectivity index (χ2n) is 5.64. The summed E-state index contributed by atoms with van der Waals surface area (Å²) in [5.41, 5.74) is 1.16. The lowest BCUT2D eigenvalue weighted by Crippen LogP contribution is -2.43. The van der Waals surface area contributed by atoms with E-state index in [4.69, 9.17) is 9.47 Å². The van der Waals surface area contributed by atoms with Crippen molar-refractivity contribution in [3.8, 4) is 0 Å². The number of hydrogen-bond acceptors (Lipinski definition) is 5. The predicted octanol–water partition coefficient (Wildman–Crippen LogP) is 2.30. The minimum absolute atomic E-state index is 0.0247. The highest BCUT2D eigenvalue weighted by Gasteiger charge is 2.43. The molecule has 1 aromatic heterocycles. The number of aromatic nitrogens is 1. The summed E-state index contributed by atoms with van der Waals surface area (Å²) in [7, 11) is 2.03. The van der Waals surface area contributed by atoms with E-state index in [-0.39, 0.29) is 5.60 Å². The first-order valence-electron chi connectivity index (χ1n) is 7.03. The second-order valence-corrected chi connectivity index (χ2v) is 6.71. The summed E-state index contributed by atoms with van der Waals surface area (Å²) < 4.78 is 11.6. The van der Waals surface area contributed by atoms with Crippen molar-refractivity contribution in [1.29, 1.82) is 0 Å². The van der Waals surface area contributed by atoms with Crippen molar-refractivity contribution < 1.29 is 9.47 Å². The molecule has 19 heavy (non-hydrogen) atoms. The third-order valence-electron chi connectivity index (χ3n) is 4.34. The molecule has 106 valence electrons. The van der Waals surface area contributed by atoms with Gasteiger partial charge in [-0.15, -0.1) is 11.3 Å². The van der Waals surface area contributed by atoms with Gasteiger partial charge < -0.3 is 14.8 Å². The third-order valence-corrected chi connectivity index (χ3v) is 5.13. The Morgan fingerprint density at radius 3 is 3.05 bits per heavy atom. The summed E-state index contributed by atoms with van der Waals surface area (Å²) in [6.45, 7) is 4.51. The number of thiazole rings is 1. The van der Waals surface area contributed by atoms with E-state index in [9.17, 15) is 0 Å². The second kappa shape index (κ2) is 5.48. The molecule has 1 spiro atoms. The Morgan fingerprint density at radius 1 is 1.53 bits per heavy atom. The van der Waals surface area contributed by atoms with Crippen LogP contribution in [-0.4, -0.2) is 37.5 Å². The highest BCUT2D eigenvalue weighted by molar-refractivity contribution is 7.09. The van der Waals surface area contributed by atoms with E-state index in [0.29, 0.717) is 12.0 Å². The van der Waals surface area contributed by atoms with Gasteiger partial charge in [-0.05, 0) is 32.7 Å². The van der Waals surface area contributed by atoms with Gasteiger partial charge in [0.1, 0.15) is 0 Å². The molecule has 3 heterocycles. The molecule has 0 aliphatic carbocycles. The number of hydrogen-bond donors (Lipinski definition) is 1. The predicted molar refractivity (Wildman–Crippen MR) is 75.5 cm³/mol. The van der Waals surface area contributed by atoms with Crippen LogP contribution in [0.2, 0.25) is 0 Å². The standard InChI is InChI=1S/C14H22N2O2S/c1-10-16-12(8-19-10)13(15-2)11-3-5-18-14(7-11)4-6-17-9-14/h8,11,13,15H,3-7,9H2,1-2H3. The van der Waals surface area contributed by atoms with Crippen LogP contribution in [0.4, 0.5) is 0 Å². The Hall–Kier alpha value is -0.490. The van der Waals surface area contributed by atoms with Crippen LogP contribution in [0.25, 0.3) is 0 Å². The summed E-state index contributed by atoms with van der Waals surface area (Å²) in [5, 5.41) is 6.78. The Kier molecular flexibility index (Phi) is 3.89. The Morgan fingerprint density at radius 2 is 2.42 bits per heavy atom. The minimum atomic E-state index is -0.0247. The zero-order valence-corrected chi connectivity index (χ0v) is 12.5. The van der Waals surface area contributed by atoms with E-state index < -0.39 is 0 Å². The van der Waals surface area contributed by atoms with Crippen molar-refractivity contribution in [2.45, 2.75) is 37.8 Å². The molecule has 1 N–H and O–H groups in total. The van der Waals surface area contributed by atoms with Gasteiger partial charge in [-0.3, -0.25) is 0 Å². The fraction of sp³-hybridized carbons (Fsp3) is 0.786.